The molecule has 1 saturated carbocycles. The summed E-state index contributed by atoms with van der Waals surface area (Å²) >= 11 is 0. The van der Waals surface area contributed by atoms with Crippen molar-refractivity contribution in [3.05, 3.63) is 46.6 Å². The standard InChI is InChI=1S/C28H42N2O3S/c1-19-24(26(31)29-34(8,32)33)17-25(30(19)18-20-12-10-9-11-13-20)21-14-22(27(2,3)4)16-23(15-21)28(5,6)7/h14-17,20H,9-13,18H2,1-8H3,(H,29,31). The molecule has 188 valence electrons. The van der Waals surface area contributed by atoms with Gasteiger partial charge in [-0.3, -0.25) is 4.79 Å². The molecule has 0 unspecified atom stereocenters. The highest BCUT2D eigenvalue weighted by atomic mass is 32.2. The largest absolute Gasteiger partial charge is 0.344 e. The average Bonchev–Trinajstić information content (AvgIpc) is 3.02. The second kappa shape index (κ2) is 9.52. The van der Waals surface area contributed by atoms with E-state index in [4.69, 9.17) is 0 Å². The SMILES string of the molecule is Cc1c(C(=O)NS(C)(=O)=O)cc(-c2cc(C(C)(C)C)cc(C(C)(C)C)c2)n1CC1CCCCC1. The summed E-state index contributed by atoms with van der Waals surface area (Å²) in [5.41, 5.74) is 5.76. The van der Waals surface area contributed by atoms with Crippen LogP contribution in [-0.2, 0) is 27.4 Å². The first-order chi connectivity index (χ1) is 15.6. The van der Waals surface area contributed by atoms with Crippen LogP contribution in [0.2, 0.25) is 0 Å². The van der Waals surface area contributed by atoms with Gasteiger partial charge in [0.15, 0.2) is 0 Å². The minimum atomic E-state index is -3.64. The van der Waals surface area contributed by atoms with Crippen LogP contribution in [0.4, 0.5) is 0 Å². The lowest BCUT2D eigenvalue weighted by molar-refractivity contribution is 0.0981. The zero-order valence-corrected chi connectivity index (χ0v) is 23.0. The maximum atomic E-state index is 12.9. The summed E-state index contributed by atoms with van der Waals surface area (Å²) in [5, 5.41) is 0. The fourth-order valence-electron chi connectivity index (χ4n) is 4.84. The molecule has 1 aromatic carbocycles. The number of nitrogens with zero attached hydrogens (tertiary/aromatic N) is 1. The average molecular weight is 487 g/mol. The summed E-state index contributed by atoms with van der Waals surface area (Å²) in [7, 11) is -3.64. The lowest BCUT2D eigenvalue weighted by atomic mass is 9.79. The third-order valence-electron chi connectivity index (χ3n) is 7.02. The van der Waals surface area contributed by atoms with Crippen LogP contribution in [-0.4, -0.2) is 25.1 Å². The molecule has 1 aliphatic carbocycles. The van der Waals surface area contributed by atoms with Crippen LogP contribution in [0.15, 0.2) is 24.3 Å². The summed E-state index contributed by atoms with van der Waals surface area (Å²) in [4.78, 5) is 12.9. The summed E-state index contributed by atoms with van der Waals surface area (Å²) in [6.07, 6.45) is 7.18. The van der Waals surface area contributed by atoms with Gasteiger partial charge >= 0.3 is 0 Å². The third-order valence-corrected chi connectivity index (χ3v) is 7.57. The molecule has 34 heavy (non-hydrogen) atoms. The number of hydrogen-bond acceptors (Lipinski definition) is 3. The predicted octanol–water partition coefficient (Wildman–Crippen LogP) is 6.33. The molecule has 0 saturated heterocycles. The highest BCUT2D eigenvalue weighted by Crippen LogP contribution is 2.36. The number of sulfonamides is 1. The Kier molecular flexibility index (Phi) is 7.43. The maximum Gasteiger partial charge on any atom is 0.266 e. The molecule has 0 spiro atoms. The van der Waals surface area contributed by atoms with Gasteiger partial charge < -0.3 is 4.57 Å². The Morgan fingerprint density at radius 3 is 1.94 bits per heavy atom. The van der Waals surface area contributed by atoms with E-state index in [-0.39, 0.29) is 10.8 Å². The molecule has 2 aromatic rings. The van der Waals surface area contributed by atoms with Crippen molar-refractivity contribution in [2.24, 2.45) is 5.92 Å². The Hall–Kier alpha value is -2.08. The van der Waals surface area contributed by atoms with Gasteiger partial charge in [0.25, 0.3) is 5.91 Å². The van der Waals surface area contributed by atoms with Crippen molar-refractivity contribution < 1.29 is 13.2 Å². The van der Waals surface area contributed by atoms with E-state index in [1.807, 2.05) is 13.0 Å². The second-order valence-corrected chi connectivity index (χ2v) is 13.9. The van der Waals surface area contributed by atoms with Crippen LogP contribution in [0.5, 0.6) is 0 Å². The first-order valence-corrected chi connectivity index (χ1v) is 14.3. The molecule has 1 aliphatic rings. The fraction of sp³-hybridized carbons (Fsp3) is 0.607. The number of carbonyl (C=O) groups is 1. The highest BCUT2D eigenvalue weighted by molar-refractivity contribution is 7.89. The monoisotopic (exact) mass is 486 g/mol. The molecule has 1 fully saturated rings. The Morgan fingerprint density at radius 2 is 1.47 bits per heavy atom. The molecule has 0 aliphatic heterocycles. The topological polar surface area (TPSA) is 68.2 Å². The lowest BCUT2D eigenvalue weighted by Gasteiger charge is -2.27. The third kappa shape index (κ3) is 6.32. The minimum absolute atomic E-state index is 0.0255. The molecule has 3 rings (SSSR count). The van der Waals surface area contributed by atoms with Gasteiger partial charge in [-0.05, 0) is 71.4 Å². The predicted molar refractivity (Wildman–Crippen MR) is 141 cm³/mol. The number of nitrogens with one attached hydrogen (secondary N) is 1. The normalized spacial score (nSPS) is 16.0. The van der Waals surface area contributed by atoms with Gasteiger partial charge in [-0.1, -0.05) is 66.9 Å². The van der Waals surface area contributed by atoms with Gasteiger partial charge in [-0.25, -0.2) is 13.1 Å². The Balaban J connectivity index is 2.21. The zero-order valence-electron chi connectivity index (χ0n) is 22.2. The molecule has 1 N–H and O–H groups in total. The Morgan fingerprint density at radius 1 is 0.941 bits per heavy atom. The van der Waals surface area contributed by atoms with E-state index in [9.17, 15) is 13.2 Å². The molecule has 6 heteroatoms. The van der Waals surface area contributed by atoms with E-state index in [1.54, 1.807) is 0 Å². The molecule has 0 bridgehead atoms. The number of amides is 1. The van der Waals surface area contributed by atoms with Crippen molar-refractivity contribution in [2.75, 3.05) is 6.26 Å². The van der Waals surface area contributed by atoms with E-state index in [0.29, 0.717) is 11.5 Å². The molecule has 5 nitrogen and oxygen atoms in total. The summed E-state index contributed by atoms with van der Waals surface area (Å²) in [5.74, 6) is 0.00368. The highest BCUT2D eigenvalue weighted by Gasteiger charge is 2.26. The second-order valence-electron chi connectivity index (χ2n) is 12.1. The van der Waals surface area contributed by atoms with Crippen molar-refractivity contribution >= 4 is 15.9 Å². The number of aromatic nitrogens is 1. The van der Waals surface area contributed by atoms with Gasteiger partial charge in [0.1, 0.15) is 0 Å². The number of carbonyl (C=O) groups excluding carboxylic acids is 1. The minimum Gasteiger partial charge on any atom is -0.344 e. The summed E-state index contributed by atoms with van der Waals surface area (Å²) in [6.45, 7) is 16.1. The van der Waals surface area contributed by atoms with Crippen LogP contribution in [0.25, 0.3) is 11.3 Å². The van der Waals surface area contributed by atoms with Gasteiger partial charge in [0.05, 0.1) is 11.8 Å². The van der Waals surface area contributed by atoms with E-state index >= 15 is 0 Å². The maximum absolute atomic E-state index is 12.9. The van der Waals surface area contributed by atoms with Crippen molar-refractivity contribution in [1.82, 2.24) is 9.29 Å². The quantitative estimate of drug-likeness (QED) is 0.537. The van der Waals surface area contributed by atoms with Gasteiger partial charge in [0, 0.05) is 17.9 Å². The number of hydrogen-bond donors (Lipinski definition) is 1. The van der Waals surface area contributed by atoms with Crippen LogP contribution in [0.3, 0.4) is 0 Å². The smallest absolute Gasteiger partial charge is 0.266 e. The molecular weight excluding hydrogens is 444 g/mol. The van der Waals surface area contributed by atoms with E-state index in [1.165, 1.54) is 43.2 Å². The first-order valence-electron chi connectivity index (χ1n) is 12.4. The zero-order chi connectivity index (χ0) is 25.5. The first kappa shape index (κ1) is 26.5. The fourth-order valence-corrected chi connectivity index (χ4v) is 5.29. The van der Waals surface area contributed by atoms with E-state index in [0.717, 1.165) is 29.8 Å². The Labute approximate surface area is 206 Å². The van der Waals surface area contributed by atoms with Crippen molar-refractivity contribution in [1.29, 1.82) is 0 Å². The van der Waals surface area contributed by atoms with Gasteiger partial charge in [-0.2, -0.15) is 0 Å². The Bertz CT molecular complexity index is 1120. The van der Waals surface area contributed by atoms with E-state index in [2.05, 4.69) is 69.0 Å². The van der Waals surface area contributed by atoms with Gasteiger partial charge in [-0.15, -0.1) is 0 Å². The van der Waals surface area contributed by atoms with Crippen molar-refractivity contribution in [3.63, 3.8) is 0 Å². The van der Waals surface area contributed by atoms with Crippen molar-refractivity contribution in [3.8, 4) is 11.3 Å². The lowest BCUT2D eigenvalue weighted by Crippen LogP contribution is -2.29. The van der Waals surface area contributed by atoms with Gasteiger partial charge in [0.2, 0.25) is 10.0 Å². The number of benzene rings is 1. The van der Waals surface area contributed by atoms with E-state index < -0.39 is 15.9 Å². The van der Waals surface area contributed by atoms with Crippen LogP contribution in [0, 0.1) is 12.8 Å². The molecule has 0 radical (unpaired) electrons. The van der Waals surface area contributed by atoms with Crippen molar-refractivity contribution in [2.45, 2.75) is 97.9 Å². The molecule has 1 aromatic heterocycles. The summed E-state index contributed by atoms with van der Waals surface area (Å²) in [6, 6.07) is 8.65. The molecule has 1 amide bonds. The number of rotatable bonds is 5. The van der Waals surface area contributed by atoms with Crippen LogP contribution < -0.4 is 4.72 Å². The summed E-state index contributed by atoms with van der Waals surface area (Å²) < 4.78 is 28.0. The van der Waals surface area contributed by atoms with Crippen LogP contribution >= 0.6 is 0 Å². The van der Waals surface area contributed by atoms with Crippen LogP contribution in [0.1, 0.15) is 101 Å². The molecule has 0 atom stereocenters. The molecule has 1 heterocycles. The molecular formula is C28H42N2O3S.